The number of amides is 1. The van der Waals surface area contributed by atoms with Crippen LogP contribution in [-0.2, 0) is 6.54 Å². The van der Waals surface area contributed by atoms with Gasteiger partial charge in [0.1, 0.15) is 0 Å². The Morgan fingerprint density at radius 1 is 1.53 bits per heavy atom. The summed E-state index contributed by atoms with van der Waals surface area (Å²) >= 11 is 0. The van der Waals surface area contributed by atoms with Crippen LogP contribution in [0.25, 0.3) is 0 Å². The predicted molar refractivity (Wildman–Crippen MR) is 72.5 cm³/mol. The van der Waals surface area contributed by atoms with Gasteiger partial charge in [0.2, 0.25) is 0 Å². The van der Waals surface area contributed by atoms with E-state index in [4.69, 9.17) is 5.73 Å². The molecule has 0 aromatic carbocycles. The van der Waals surface area contributed by atoms with Crippen LogP contribution in [0.3, 0.4) is 0 Å². The van der Waals surface area contributed by atoms with Gasteiger partial charge in [0.05, 0.1) is 17.8 Å². The molecule has 104 valence electrons. The Morgan fingerprint density at radius 3 is 2.95 bits per heavy atom. The number of aromatic nitrogens is 1. The second-order valence-corrected chi connectivity index (χ2v) is 5.08. The zero-order chi connectivity index (χ0) is 13.8. The Balaban J connectivity index is 2.13. The van der Waals surface area contributed by atoms with E-state index in [0.29, 0.717) is 17.8 Å². The van der Waals surface area contributed by atoms with E-state index in [1.54, 1.807) is 30.3 Å². The molecule has 1 heterocycles. The third kappa shape index (κ3) is 3.11. The quantitative estimate of drug-likeness (QED) is 0.849. The summed E-state index contributed by atoms with van der Waals surface area (Å²) in [5.41, 5.74) is 6.81. The summed E-state index contributed by atoms with van der Waals surface area (Å²) in [6.45, 7) is 0.316. The van der Waals surface area contributed by atoms with Crippen LogP contribution in [0.15, 0.2) is 18.3 Å². The molecule has 2 atom stereocenters. The van der Waals surface area contributed by atoms with Crippen LogP contribution in [0.2, 0.25) is 0 Å². The normalized spacial score (nSPS) is 23.1. The molecule has 19 heavy (non-hydrogen) atoms. The van der Waals surface area contributed by atoms with Crippen molar-refractivity contribution in [1.82, 2.24) is 9.88 Å². The highest BCUT2D eigenvalue weighted by atomic mass is 16.3. The molecule has 0 bridgehead atoms. The largest absolute Gasteiger partial charge is 0.391 e. The number of carbonyl (C=O) groups excluding carboxylic acids is 1. The summed E-state index contributed by atoms with van der Waals surface area (Å²) in [5.74, 6) is -0.0805. The van der Waals surface area contributed by atoms with Gasteiger partial charge < -0.3 is 15.7 Å². The summed E-state index contributed by atoms with van der Waals surface area (Å²) in [7, 11) is 1.75. The van der Waals surface area contributed by atoms with Crippen molar-refractivity contribution >= 4 is 5.91 Å². The first-order chi connectivity index (χ1) is 9.13. The lowest BCUT2D eigenvalue weighted by Crippen LogP contribution is -2.46. The second-order valence-electron chi connectivity index (χ2n) is 5.08. The van der Waals surface area contributed by atoms with Gasteiger partial charge in [-0.25, -0.2) is 0 Å². The lowest BCUT2D eigenvalue weighted by Gasteiger charge is -2.35. The molecule has 0 aliphatic heterocycles. The average molecular weight is 263 g/mol. The number of rotatable bonds is 3. The number of carbonyl (C=O) groups is 1. The molecule has 1 aromatic heterocycles. The maximum Gasteiger partial charge on any atom is 0.254 e. The van der Waals surface area contributed by atoms with Crippen LogP contribution < -0.4 is 5.73 Å². The van der Waals surface area contributed by atoms with Crippen LogP contribution in [0.4, 0.5) is 0 Å². The molecule has 5 heteroatoms. The smallest absolute Gasteiger partial charge is 0.254 e. The van der Waals surface area contributed by atoms with Crippen LogP contribution in [0, 0.1) is 0 Å². The van der Waals surface area contributed by atoms with Crippen molar-refractivity contribution in [3.63, 3.8) is 0 Å². The summed E-state index contributed by atoms with van der Waals surface area (Å²) < 4.78 is 0. The Bertz CT molecular complexity index is 450. The number of hydrogen-bond acceptors (Lipinski definition) is 4. The minimum absolute atomic E-state index is 0.0805. The first-order valence-corrected chi connectivity index (χ1v) is 6.73. The van der Waals surface area contributed by atoms with Gasteiger partial charge in [0.25, 0.3) is 5.91 Å². The molecular formula is C14H21N3O2. The van der Waals surface area contributed by atoms with Gasteiger partial charge in [0, 0.05) is 25.4 Å². The van der Waals surface area contributed by atoms with Crippen molar-refractivity contribution in [3.8, 4) is 0 Å². The van der Waals surface area contributed by atoms with Gasteiger partial charge >= 0.3 is 0 Å². The minimum atomic E-state index is -0.418. The molecule has 0 spiro atoms. The molecule has 5 nitrogen and oxygen atoms in total. The molecule has 0 saturated heterocycles. The van der Waals surface area contributed by atoms with E-state index in [-0.39, 0.29) is 11.9 Å². The molecular weight excluding hydrogens is 242 g/mol. The maximum absolute atomic E-state index is 12.4. The maximum atomic E-state index is 12.4. The third-order valence-electron chi connectivity index (χ3n) is 3.78. The molecule has 2 unspecified atom stereocenters. The van der Waals surface area contributed by atoms with Gasteiger partial charge in [-0.2, -0.15) is 0 Å². The van der Waals surface area contributed by atoms with Crippen LogP contribution in [0.5, 0.6) is 0 Å². The fraction of sp³-hybridized carbons (Fsp3) is 0.571. The SMILES string of the molecule is CN(C(=O)c1ccnc(CN)c1)C1CCCCC1O. The van der Waals surface area contributed by atoms with Crippen LogP contribution in [-0.4, -0.2) is 40.1 Å². The highest BCUT2D eigenvalue weighted by Crippen LogP contribution is 2.23. The number of aliphatic hydroxyl groups excluding tert-OH is 1. The Morgan fingerprint density at radius 2 is 2.26 bits per heavy atom. The van der Waals surface area contributed by atoms with E-state index in [1.165, 1.54) is 0 Å². The topological polar surface area (TPSA) is 79.5 Å². The molecule has 0 radical (unpaired) electrons. The van der Waals surface area contributed by atoms with Crippen LogP contribution in [0.1, 0.15) is 41.7 Å². The molecule has 3 N–H and O–H groups in total. The average Bonchev–Trinajstić information content (AvgIpc) is 2.46. The van der Waals surface area contributed by atoms with Crippen molar-refractivity contribution in [2.75, 3.05) is 7.05 Å². The van der Waals surface area contributed by atoms with E-state index >= 15 is 0 Å². The second kappa shape index (κ2) is 6.12. The lowest BCUT2D eigenvalue weighted by atomic mass is 9.91. The Labute approximate surface area is 113 Å². The minimum Gasteiger partial charge on any atom is -0.391 e. The van der Waals surface area contributed by atoms with Gasteiger partial charge in [-0.1, -0.05) is 12.8 Å². The summed E-state index contributed by atoms with van der Waals surface area (Å²) in [5, 5.41) is 10.0. The molecule has 2 rings (SSSR count). The van der Waals surface area contributed by atoms with Crippen molar-refractivity contribution in [2.24, 2.45) is 5.73 Å². The number of nitrogens with zero attached hydrogens (tertiary/aromatic N) is 2. The molecule has 1 amide bonds. The predicted octanol–water partition coefficient (Wildman–Crippen LogP) is 0.916. The van der Waals surface area contributed by atoms with Crippen molar-refractivity contribution in [2.45, 2.75) is 44.4 Å². The standard InChI is InChI=1S/C14H21N3O2/c1-17(12-4-2-3-5-13(12)18)14(19)10-6-7-16-11(8-10)9-15/h6-8,12-13,18H,2-5,9,15H2,1H3. The number of aliphatic hydroxyl groups is 1. The zero-order valence-electron chi connectivity index (χ0n) is 11.2. The molecule has 1 aliphatic carbocycles. The van der Waals surface area contributed by atoms with E-state index in [0.717, 1.165) is 25.7 Å². The van der Waals surface area contributed by atoms with Gasteiger partial charge in [-0.15, -0.1) is 0 Å². The van der Waals surface area contributed by atoms with E-state index in [2.05, 4.69) is 4.98 Å². The highest BCUT2D eigenvalue weighted by Gasteiger charge is 2.29. The number of pyridine rings is 1. The first kappa shape index (κ1) is 14.0. The molecule has 1 fully saturated rings. The first-order valence-electron chi connectivity index (χ1n) is 6.73. The zero-order valence-corrected chi connectivity index (χ0v) is 11.2. The lowest BCUT2D eigenvalue weighted by molar-refractivity contribution is 0.0268. The van der Waals surface area contributed by atoms with Crippen LogP contribution >= 0.6 is 0 Å². The van der Waals surface area contributed by atoms with Crippen molar-refractivity contribution < 1.29 is 9.90 Å². The third-order valence-corrected chi connectivity index (χ3v) is 3.78. The molecule has 1 aliphatic rings. The fourth-order valence-corrected chi connectivity index (χ4v) is 2.62. The van der Waals surface area contributed by atoms with Gasteiger partial charge in [-0.05, 0) is 25.0 Å². The van der Waals surface area contributed by atoms with Crippen molar-refractivity contribution in [1.29, 1.82) is 0 Å². The van der Waals surface area contributed by atoms with Crippen molar-refractivity contribution in [3.05, 3.63) is 29.6 Å². The summed E-state index contributed by atoms with van der Waals surface area (Å²) in [6, 6.07) is 3.32. The monoisotopic (exact) mass is 263 g/mol. The van der Waals surface area contributed by atoms with Gasteiger partial charge in [0.15, 0.2) is 0 Å². The fourth-order valence-electron chi connectivity index (χ4n) is 2.62. The Hall–Kier alpha value is -1.46. The van der Waals surface area contributed by atoms with Gasteiger partial charge in [-0.3, -0.25) is 9.78 Å². The van der Waals surface area contributed by atoms with E-state index in [1.807, 2.05) is 0 Å². The molecule has 1 saturated carbocycles. The number of nitrogens with two attached hydrogens (primary N) is 1. The van der Waals surface area contributed by atoms with E-state index < -0.39 is 6.10 Å². The number of hydrogen-bond donors (Lipinski definition) is 2. The summed E-state index contributed by atoms with van der Waals surface area (Å²) in [6.07, 6.45) is 4.90. The van der Waals surface area contributed by atoms with E-state index in [9.17, 15) is 9.90 Å². The Kier molecular flexibility index (Phi) is 4.50. The summed E-state index contributed by atoms with van der Waals surface area (Å²) in [4.78, 5) is 18.1. The highest BCUT2D eigenvalue weighted by molar-refractivity contribution is 5.94. The molecule has 1 aromatic rings. The number of likely N-dealkylation sites (N-methyl/N-ethyl adjacent to an activating group) is 1.